The zero-order chi connectivity index (χ0) is 13.2. The van der Waals surface area contributed by atoms with Gasteiger partial charge in [-0.15, -0.1) is 0 Å². The third-order valence-electron chi connectivity index (χ3n) is 3.92. The van der Waals surface area contributed by atoms with Crippen molar-refractivity contribution in [1.82, 2.24) is 5.32 Å². The molecular formula is C12H20N2O4. The molecule has 6 heteroatoms. The minimum Gasteiger partial charge on any atom is -0.479 e. The molecule has 1 atom stereocenters. The summed E-state index contributed by atoms with van der Waals surface area (Å²) in [6, 6.07) is 0. The smallest absolute Gasteiger partial charge is 0.331 e. The first-order chi connectivity index (χ1) is 8.46. The maximum Gasteiger partial charge on any atom is 0.331 e. The monoisotopic (exact) mass is 256 g/mol. The van der Waals surface area contributed by atoms with Crippen molar-refractivity contribution in [3.05, 3.63) is 0 Å². The number of carboxylic acid groups (broad SMARTS) is 1. The lowest BCUT2D eigenvalue weighted by molar-refractivity contribution is -0.147. The highest BCUT2D eigenvalue weighted by atomic mass is 16.5. The van der Waals surface area contributed by atoms with E-state index in [9.17, 15) is 14.7 Å². The zero-order valence-corrected chi connectivity index (χ0v) is 10.4. The highest BCUT2D eigenvalue weighted by Crippen LogP contribution is 2.30. The number of carbonyl (C=O) groups is 2. The number of nitrogens with two attached hydrogens (primary N) is 1. The summed E-state index contributed by atoms with van der Waals surface area (Å²) < 4.78 is 5.09. The van der Waals surface area contributed by atoms with Crippen LogP contribution in [0.15, 0.2) is 0 Å². The van der Waals surface area contributed by atoms with E-state index in [0.29, 0.717) is 13.0 Å². The van der Waals surface area contributed by atoms with Crippen LogP contribution >= 0.6 is 0 Å². The molecule has 4 N–H and O–H groups in total. The van der Waals surface area contributed by atoms with Gasteiger partial charge in [-0.2, -0.15) is 0 Å². The second kappa shape index (κ2) is 4.85. The summed E-state index contributed by atoms with van der Waals surface area (Å²) >= 11 is 0. The van der Waals surface area contributed by atoms with Gasteiger partial charge >= 0.3 is 5.97 Å². The Bertz CT molecular complexity index is 344. The average molecular weight is 256 g/mol. The fourth-order valence-corrected chi connectivity index (χ4v) is 2.77. The topological polar surface area (TPSA) is 102 Å². The molecule has 1 heterocycles. The summed E-state index contributed by atoms with van der Waals surface area (Å²) in [5.41, 5.74) is 4.40. The third-order valence-corrected chi connectivity index (χ3v) is 3.92. The van der Waals surface area contributed by atoms with Crippen LogP contribution in [0, 0.1) is 0 Å². The van der Waals surface area contributed by atoms with Crippen LogP contribution in [0.1, 0.15) is 38.5 Å². The molecule has 0 spiro atoms. The van der Waals surface area contributed by atoms with Crippen molar-refractivity contribution in [3.63, 3.8) is 0 Å². The zero-order valence-electron chi connectivity index (χ0n) is 10.4. The van der Waals surface area contributed by atoms with Crippen LogP contribution in [0.4, 0.5) is 0 Å². The molecule has 0 radical (unpaired) electrons. The van der Waals surface area contributed by atoms with Gasteiger partial charge in [0.1, 0.15) is 0 Å². The normalized spacial score (nSPS) is 30.3. The number of amides is 1. The van der Waals surface area contributed by atoms with Crippen molar-refractivity contribution in [2.45, 2.75) is 49.6 Å². The molecule has 0 bridgehead atoms. The summed E-state index contributed by atoms with van der Waals surface area (Å²) in [5, 5.41) is 11.8. The summed E-state index contributed by atoms with van der Waals surface area (Å²) in [6.45, 7) is 0.395. The Labute approximate surface area is 106 Å². The molecule has 2 fully saturated rings. The molecule has 1 aliphatic heterocycles. The Hall–Kier alpha value is -1.14. The molecule has 1 amide bonds. The molecule has 1 aliphatic carbocycles. The predicted octanol–water partition coefficient (Wildman–Crippen LogP) is 0.00790. The van der Waals surface area contributed by atoms with Crippen LogP contribution in [0.25, 0.3) is 0 Å². The first-order valence-electron chi connectivity index (χ1n) is 6.37. The van der Waals surface area contributed by atoms with Crippen molar-refractivity contribution in [1.29, 1.82) is 0 Å². The van der Waals surface area contributed by atoms with Crippen LogP contribution < -0.4 is 11.1 Å². The molecule has 6 nitrogen and oxygen atoms in total. The van der Waals surface area contributed by atoms with Gasteiger partial charge in [0, 0.05) is 25.0 Å². The molecule has 0 aromatic heterocycles. The van der Waals surface area contributed by atoms with Gasteiger partial charge in [0.2, 0.25) is 5.91 Å². The van der Waals surface area contributed by atoms with Gasteiger partial charge in [0.25, 0.3) is 0 Å². The second-order valence-electron chi connectivity index (χ2n) is 5.48. The van der Waals surface area contributed by atoms with E-state index in [-0.39, 0.29) is 18.9 Å². The summed E-state index contributed by atoms with van der Waals surface area (Å²) in [4.78, 5) is 23.2. The van der Waals surface area contributed by atoms with Crippen LogP contribution in [-0.2, 0) is 14.3 Å². The van der Waals surface area contributed by atoms with E-state index in [1.807, 2.05) is 0 Å². The van der Waals surface area contributed by atoms with Gasteiger partial charge in [-0.1, -0.05) is 12.8 Å². The number of carbonyl (C=O) groups excluding carboxylic acids is 1. The van der Waals surface area contributed by atoms with Gasteiger partial charge in [-0.3, -0.25) is 4.79 Å². The number of hydrogen-bond acceptors (Lipinski definition) is 4. The Kier molecular flexibility index (Phi) is 3.59. The van der Waals surface area contributed by atoms with Crippen molar-refractivity contribution in [3.8, 4) is 0 Å². The van der Waals surface area contributed by atoms with Crippen LogP contribution in [0.3, 0.4) is 0 Å². The molecule has 18 heavy (non-hydrogen) atoms. The number of rotatable bonds is 4. The lowest BCUT2D eigenvalue weighted by Gasteiger charge is -2.27. The molecule has 2 rings (SSSR count). The Morgan fingerprint density at radius 1 is 1.28 bits per heavy atom. The van der Waals surface area contributed by atoms with E-state index in [2.05, 4.69) is 5.32 Å². The number of aliphatic carboxylic acids is 1. The largest absolute Gasteiger partial charge is 0.479 e. The first-order valence-corrected chi connectivity index (χ1v) is 6.37. The highest BCUT2D eigenvalue weighted by Gasteiger charge is 2.45. The predicted molar refractivity (Wildman–Crippen MR) is 63.9 cm³/mol. The van der Waals surface area contributed by atoms with E-state index in [4.69, 9.17) is 10.5 Å². The molecule has 1 unspecified atom stereocenters. The summed E-state index contributed by atoms with van der Waals surface area (Å²) in [7, 11) is 0. The Morgan fingerprint density at radius 3 is 2.44 bits per heavy atom. The standard InChI is InChI=1S/C12H20N2O4/c13-11(3-1-2-4-11)7-9(15)14-12(10(16)17)5-6-18-8-12/h1-8,13H2,(H,14,15)(H,16,17). The number of carboxylic acids is 1. The third kappa shape index (κ3) is 2.64. The average Bonchev–Trinajstić information content (AvgIpc) is 2.88. The number of hydrogen-bond donors (Lipinski definition) is 3. The minimum atomic E-state index is -1.26. The maximum atomic E-state index is 12.0. The SMILES string of the molecule is NC1(CC(=O)NC2(C(=O)O)CCOC2)CCCC1. The fourth-order valence-electron chi connectivity index (χ4n) is 2.77. The van der Waals surface area contributed by atoms with Crippen molar-refractivity contribution < 1.29 is 19.4 Å². The van der Waals surface area contributed by atoms with Crippen molar-refractivity contribution in [2.75, 3.05) is 13.2 Å². The highest BCUT2D eigenvalue weighted by molar-refractivity contribution is 5.87. The van der Waals surface area contributed by atoms with Gasteiger partial charge < -0.3 is 20.9 Å². The quantitative estimate of drug-likeness (QED) is 0.657. The van der Waals surface area contributed by atoms with E-state index < -0.39 is 17.0 Å². The van der Waals surface area contributed by atoms with Crippen molar-refractivity contribution in [2.24, 2.45) is 5.73 Å². The molecule has 0 aromatic rings. The van der Waals surface area contributed by atoms with Gasteiger partial charge in [-0.05, 0) is 12.8 Å². The number of ether oxygens (including phenoxy) is 1. The summed E-state index contributed by atoms with van der Waals surface area (Å²) in [6.07, 6.45) is 4.25. The molecule has 0 aromatic carbocycles. The molecule has 1 saturated carbocycles. The van der Waals surface area contributed by atoms with Crippen LogP contribution in [0.2, 0.25) is 0 Å². The van der Waals surface area contributed by atoms with Crippen molar-refractivity contribution >= 4 is 11.9 Å². The van der Waals surface area contributed by atoms with E-state index in [1.54, 1.807) is 0 Å². The molecule has 102 valence electrons. The van der Waals surface area contributed by atoms with Gasteiger partial charge in [-0.25, -0.2) is 4.79 Å². The molecule has 1 saturated heterocycles. The Balaban J connectivity index is 1.95. The molecule has 2 aliphatic rings. The van der Waals surface area contributed by atoms with E-state index in [1.165, 1.54) is 0 Å². The fraction of sp³-hybridized carbons (Fsp3) is 0.833. The minimum absolute atomic E-state index is 0.0334. The lowest BCUT2D eigenvalue weighted by atomic mass is 9.92. The molecular weight excluding hydrogens is 236 g/mol. The van der Waals surface area contributed by atoms with Crippen LogP contribution in [0.5, 0.6) is 0 Å². The number of nitrogens with one attached hydrogen (secondary N) is 1. The lowest BCUT2D eigenvalue weighted by Crippen LogP contribution is -2.56. The first kappa shape index (κ1) is 13.3. The van der Waals surface area contributed by atoms with Gasteiger partial charge in [0.15, 0.2) is 5.54 Å². The second-order valence-corrected chi connectivity index (χ2v) is 5.48. The van der Waals surface area contributed by atoms with Gasteiger partial charge in [0.05, 0.1) is 6.61 Å². The van der Waals surface area contributed by atoms with Crippen LogP contribution in [-0.4, -0.2) is 41.3 Å². The summed E-state index contributed by atoms with van der Waals surface area (Å²) in [5.74, 6) is -1.32. The van der Waals surface area contributed by atoms with E-state index in [0.717, 1.165) is 25.7 Å². The van der Waals surface area contributed by atoms with E-state index >= 15 is 0 Å². The maximum absolute atomic E-state index is 12.0. The Morgan fingerprint density at radius 2 is 1.94 bits per heavy atom.